The number of fused-ring (bicyclic) bond motifs is 2. The number of hydrogen-bond acceptors (Lipinski definition) is 2. The summed E-state index contributed by atoms with van der Waals surface area (Å²) in [6.45, 7) is 0. The summed E-state index contributed by atoms with van der Waals surface area (Å²) in [6, 6.07) is 21.2. The Morgan fingerprint density at radius 1 is 0.917 bits per heavy atom. The van der Waals surface area contributed by atoms with Crippen LogP contribution in [0, 0.1) is 3.57 Å². The second-order valence-corrected chi connectivity index (χ2v) is 8.10. The van der Waals surface area contributed by atoms with Gasteiger partial charge in [-0.05, 0) is 77.2 Å². The van der Waals surface area contributed by atoms with Crippen LogP contribution in [0.5, 0.6) is 0 Å². The Labute approximate surface area is 163 Å². The summed E-state index contributed by atoms with van der Waals surface area (Å²) < 4.78 is 1.10. The van der Waals surface area contributed by atoms with Crippen LogP contribution < -0.4 is 4.90 Å². The molecule has 0 N–H and O–H groups in total. The van der Waals surface area contributed by atoms with E-state index in [9.17, 15) is 4.79 Å². The van der Waals surface area contributed by atoms with E-state index in [1.807, 2.05) is 66.7 Å². The molecule has 24 heavy (non-hydrogen) atoms. The molecule has 0 aromatic heterocycles. The third kappa shape index (κ3) is 2.83. The van der Waals surface area contributed by atoms with Gasteiger partial charge in [0.25, 0.3) is 5.91 Å². The highest BCUT2D eigenvalue weighted by atomic mass is 127. The molecule has 0 atom stereocenters. The van der Waals surface area contributed by atoms with Crippen molar-refractivity contribution in [3.8, 4) is 0 Å². The molecule has 1 heterocycles. The van der Waals surface area contributed by atoms with Crippen molar-refractivity contribution in [2.24, 2.45) is 0 Å². The van der Waals surface area contributed by atoms with Crippen molar-refractivity contribution >= 4 is 63.2 Å². The molecule has 0 saturated carbocycles. The first-order valence-electron chi connectivity index (χ1n) is 7.30. The average Bonchev–Trinajstić information content (AvgIpc) is 2.60. The Morgan fingerprint density at radius 3 is 2.42 bits per heavy atom. The van der Waals surface area contributed by atoms with Gasteiger partial charge in [-0.25, -0.2) is 0 Å². The number of carbonyl (C=O) groups is 1. The minimum absolute atomic E-state index is 0.0531. The van der Waals surface area contributed by atoms with E-state index in [1.165, 1.54) is 0 Å². The number of para-hydroxylation sites is 1. The molecular weight excluding hydrogens is 453 g/mol. The number of hydrogen-bond donors (Lipinski definition) is 0. The Balaban J connectivity index is 1.89. The van der Waals surface area contributed by atoms with Gasteiger partial charge in [-0.2, -0.15) is 0 Å². The first-order chi connectivity index (χ1) is 11.6. The first kappa shape index (κ1) is 16.0. The third-order valence-electron chi connectivity index (χ3n) is 3.78. The molecule has 0 unspecified atom stereocenters. The van der Waals surface area contributed by atoms with Crippen LogP contribution in [0.25, 0.3) is 0 Å². The van der Waals surface area contributed by atoms with Gasteiger partial charge in [-0.3, -0.25) is 9.69 Å². The lowest BCUT2D eigenvalue weighted by atomic mass is 10.1. The Hall–Kier alpha value is -1.50. The summed E-state index contributed by atoms with van der Waals surface area (Å²) in [5.41, 5.74) is 2.37. The molecule has 118 valence electrons. The normalized spacial score (nSPS) is 12.5. The summed E-state index contributed by atoms with van der Waals surface area (Å²) >= 11 is 10.1. The lowest BCUT2D eigenvalue weighted by molar-refractivity contribution is 0.0998. The van der Waals surface area contributed by atoms with Gasteiger partial charge in [0, 0.05) is 23.9 Å². The molecule has 1 aliphatic heterocycles. The summed E-state index contributed by atoms with van der Waals surface area (Å²) in [5, 5.41) is 0.620. The number of anilines is 2. The van der Waals surface area contributed by atoms with E-state index in [2.05, 4.69) is 22.6 Å². The summed E-state index contributed by atoms with van der Waals surface area (Å²) in [5.74, 6) is -0.0531. The molecule has 4 rings (SSSR count). The standard InChI is InChI=1S/C19H11ClINOS/c20-13-7-10-18-16(11-13)22(15-3-1-2-4-17(15)24-18)19(23)12-5-8-14(21)9-6-12/h1-11H. The van der Waals surface area contributed by atoms with E-state index in [4.69, 9.17) is 11.6 Å². The number of nitrogens with zero attached hydrogens (tertiary/aromatic N) is 1. The zero-order valence-electron chi connectivity index (χ0n) is 12.4. The average molecular weight is 464 g/mol. The highest BCUT2D eigenvalue weighted by molar-refractivity contribution is 14.1. The summed E-state index contributed by atoms with van der Waals surface area (Å²) in [6.07, 6.45) is 0. The second kappa shape index (κ2) is 6.43. The van der Waals surface area contributed by atoms with Crippen LogP contribution in [-0.2, 0) is 0 Å². The minimum atomic E-state index is -0.0531. The van der Waals surface area contributed by atoms with Gasteiger partial charge in [0.2, 0.25) is 0 Å². The minimum Gasteiger partial charge on any atom is -0.275 e. The van der Waals surface area contributed by atoms with Crippen molar-refractivity contribution in [1.29, 1.82) is 0 Å². The van der Waals surface area contributed by atoms with Gasteiger partial charge < -0.3 is 0 Å². The number of rotatable bonds is 1. The van der Waals surface area contributed by atoms with Crippen LogP contribution >= 0.6 is 46.0 Å². The van der Waals surface area contributed by atoms with E-state index in [0.29, 0.717) is 10.6 Å². The van der Waals surface area contributed by atoms with Crippen molar-refractivity contribution in [2.45, 2.75) is 9.79 Å². The molecule has 0 spiro atoms. The van der Waals surface area contributed by atoms with Crippen LogP contribution in [0.3, 0.4) is 0 Å². The largest absolute Gasteiger partial charge is 0.275 e. The molecular formula is C19H11ClINOS. The van der Waals surface area contributed by atoms with Gasteiger partial charge in [-0.15, -0.1) is 0 Å². The summed E-state index contributed by atoms with van der Waals surface area (Å²) in [4.78, 5) is 17.1. The number of halogens is 2. The molecule has 2 nitrogen and oxygen atoms in total. The maximum atomic E-state index is 13.2. The van der Waals surface area contributed by atoms with E-state index in [-0.39, 0.29) is 5.91 Å². The van der Waals surface area contributed by atoms with Gasteiger partial charge in [-0.1, -0.05) is 35.5 Å². The zero-order chi connectivity index (χ0) is 16.7. The van der Waals surface area contributed by atoms with E-state index < -0.39 is 0 Å². The summed E-state index contributed by atoms with van der Waals surface area (Å²) in [7, 11) is 0. The third-order valence-corrected chi connectivity index (χ3v) is 5.87. The Kier molecular flexibility index (Phi) is 4.28. The number of benzene rings is 3. The van der Waals surface area contributed by atoms with Crippen molar-refractivity contribution < 1.29 is 4.79 Å². The van der Waals surface area contributed by atoms with Crippen LogP contribution in [0.4, 0.5) is 11.4 Å². The smallest absolute Gasteiger partial charge is 0.262 e. The molecule has 0 fully saturated rings. The Bertz CT molecular complexity index is 942. The molecule has 3 aromatic rings. The lowest BCUT2D eigenvalue weighted by Crippen LogP contribution is -2.28. The fraction of sp³-hybridized carbons (Fsp3) is 0. The predicted octanol–water partition coefficient (Wildman–Crippen LogP) is 6.39. The Morgan fingerprint density at radius 2 is 1.62 bits per heavy atom. The van der Waals surface area contributed by atoms with Gasteiger partial charge >= 0.3 is 0 Å². The van der Waals surface area contributed by atoms with Crippen LogP contribution in [0.1, 0.15) is 10.4 Å². The van der Waals surface area contributed by atoms with Crippen molar-refractivity contribution in [3.05, 3.63) is 80.9 Å². The molecule has 1 amide bonds. The molecule has 3 aromatic carbocycles. The van der Waals surface area contributed by atoms with Crippen molar-refractivity contribution in [1.82, 2.24) is 0 Å². The maximum Gasteiger partial charge on any atom is 0.262 e. The van der Waals surface area contributed by atoms with Gasteiger partial charge in [0.15, 0.2) is 0 Å². The molecule has 0 saturated heterocycles. The van der Waals surface area contributed by atoms with Gasteiger partial charge in [0.1, 0.15) is 0 Å². The quantitative estimate of drug-likeness (QED) is 0.390. The van der Waals surface area contributed by atoms with E-state index in [1.54, 1.807) is 16.7 Å². The number of carbonyl (C=O) groups excluding carboxylic acids is 1. The van der Waals surface area contributed by atoms with Crippen LogP contribution in [0.2, 0.25) is 5.02 Å². The molecule has 1 aliphatic rings. The fourth-order valence-electron chi connectivity index (χ4n) is 2.67. The zero-order valence-corrected chi connectivity index (χ0v) is 16.1. The van der Waals surface area contributed by atoms with Crippen LogP contribution in [-0.4, -0.2) is 5.91 Å². The highest BCUT2D eigenvalue weighted by Gasteiger charge is 2.29. The predicted molar refractivity (Wildman–Crippen MR) is 108 cm³/mol. The fourth-order valence-corrected chi connectivity index (χ4v) is 4.23. The molecule has 0 aliphatic carbocycles. The van der Waals surface area contributed by atoms with Gasteiger partial charge in [0.05, 0.1) is 11.4 Å². The highest BCUT2D eigenvalue weighted by Crippen LogP contribution is 2.49. The second-order valence-electron chi connectivity index (χ2n) is 5.33. The topological polar surface area (TPSA) is 20.3 Å². The van der Waals surface area contributed by atoms with Crippen molar-refractivity contribution in [2.75, 3.05) is 4.90 Å². The SMILES string of the molecule is O=C(c1ccc(I)cc1)N1c2ccccc2Sc2ccc(Cl)cc21. The van der Waals surface area contributed by atoms with E-state index >= 15 is 0 Å². The molecule has 0 radical (unpaired) electrons. The first-order valence-corrected chi connectivity index (χ1v) is 9.57. The molecule has 0 bridgehead atoms. The molecule has 5 heteroatoms. The lowest BCUT2D eigenvalue weighted by Gasteiger charge is -2.31. The van der Waals surface area contributed by atoms with Crippen molar-refractivity contribution in [3.63, 3.8) is 0 Å². The maximum absolute atomic E-state index is 13.2. The van der Waals surface area contributed by atoms with E-state index in [0.717, 1.165) is 24.7 Å². The van der Waals surface area contributed by atoms with Crippen LogP contribution in [0.15, 0.2) is 76.5 Å². The number of amides is 1. The monoisotopic (exact) mass is 463 g/mol.